The maximum atomic E-state index is 12.6. The fraction of sp³-hybridized carbons (Fsp3) is 0.150. The summed E-state index contributed by atoms with van der Waals surface area (Å²) < 4.78 is 1.98. The summed E-state index contributed by atoms with van der Waals surface area (Å²) in [6, 6.07) is 15.4. The molecule has 1 aromatic carbocycles. The maximum Gasteiger partial charge on any atom is 0.252 e. The average molecular weight is 330 g/mol. The van der Waals surface area contributed by atoms with Crippen molar-refractivity contribution in [3.63, 3.8) is 0 Å². The molecule has 0 atom stereocenters. The lowest BCUT2D eigenvalue weighted by molar-refractivity contribution is 0.0955. The van der Waals surface area contributed by atoms with E-state index >= 15 is 0 Å². The molecule has 0 saturated heterocycles. The van der Waals surface area contributed by atoms with Crippen molar-refractivity contribution in [1.29, 1.82) is 0 Å². The highest BCUT2D eigenvalue weighted by Crippen LogP contribution is 2.18. The molecule has 1 amide bonds. The van der Waals surface area contributed by atoms with E-state index in [1.54, 1.807) is 0 Å². The SMILES string of the molecule is Cc1cc(C(=O)NCCc2cn3ccccc3n2)c2ccccc2n1. The van der Waals surface area contributed by atoms with E-state index in [9.17, 15) is 4.79 Å². The molecule has 3 heterocycles. The lowest BCUT2D eigenvalue weighted by Gasteiger charge is -2.08. The molecule has 0 aliphatic carbocycles. The molecule has 5 heteroatoms. The lowest BCUT2D eigenvalue weighted by Crippen LogP contribution is -2.26. The quantitative estimate of drug-likeness (QED) is 0.625. The van der Waals surface area contributed by atoms with Crippen LogP contribution in [0.25, 0.3) is 16.6 Å². The van der Waals surface area contributed by atoms with Crippen molar-refractivity contribution in [2.24, 2.45) is 0 Å². The third-order valence-electron chi connectivity index (χ3n) is 4.17. The van der Waals surface area contributed by atoms with Crippen LogP contribution in [0.2, 0.25) is 0 Å². The first-order valence-corrected chi connectivity index (χ1v) is 8.28. The topological polar surface area (TPSA) is 59.3 Å². The molecular formula is C20H18N4O. The van der Waals surface area contributed by atoms with E-state index in [1.807, 2.05) is 72.2 Å². The second kappa shape index (κ2) is 6.36. The molecule has 0 unspecified atom stereocenters. The number of carbonyl (C=O) groups is 1. The molecule has 4 rings (SSSR count). The molecule has 3 aromatic heterocycles. The Morgan fingerprint density at radius 1 is 1.12 bits per heavy atom. The largest absolute Gasteiger partial charge is 0.352 e. The number of fused-ring (bicyclic) bond motifs is 2. The maximum absolute atomic E-state index is 12.6. The van der Waals surface area contributed by atoms with Gasteiger partial charge in [0.05, 0.1) is 16.8 Å². The number of rotatable bonds is 4. The van der Waals surface area contributed by atoms with Gasteiger partial charge in [0.1, 0.15) is 5.65 Å². The van der Waals surface area contributed by atoms with Crippen LogP contribution in [-0.2, 0) is 6.42 Å². The van der Waals surface area contributed by atoms with Gasteiger partial charge in [-0.1, -0.05) is 24.3 Å². The summed E-state index contributed by atoms with van der Waals surface area (Å²) in [7, 11) is 0. The van der Waals surface area contributed by atoms with Crippen LogP contribution >= 0.6 is 0 Å². The van der Waals surface area contributed by atoms with Gasteiger partial charge in [-0.3, -0.25) is 9.78 Å². The second-order valence-electron chi connectivity index (χ2n) is 6.03. The van der Waals surface area contributed by atoms with Crippen molar-refractivity contribution in [2.75, 3.05) is 6.54 Å². The van der Waals surface area contributed by atoms with Crippen LogP contribution < -0.4 is 5.32 Å². The third-order valence-corrected chi connectivity index (χ3v) is 4.17. The van der Waals surface area contributed by atoms with Gasteiger partial charge < -0.3 is 9.72 Å². The number of hydrogen-bond donors (Lipinski definition) is 1. The molecular weight excluding hydrogens is 312 g/mol. The van der Waals surface area contributed by atoms with Crippen LogP contribution in [0, 0.1) is 6.92 Å². The standard InChI is InChI=1S/C20H18N4O/c1-14-12-17(16-6-2-3-7-18(16)22-14)20(25)21-10-9-15-13-24-11-5-4-8-19(24)23-15/h2-8,11-13H,9-10H2,1H3,(H,21,25). The second-order valence-corrected chi connectivity index (χ2v) is 6.03. The van der Waals surface area contributed by atoms with Crippen molar-refractivity contribution >= 4 is 22.5 Å². The van der Waals surface area contributed by atoms with Crippen LogP contribution in [0.15, 0.2) is 60.9 Å². The molecule has 0 fully saturated rings. The fourth-order valence-corrected chi connectivity index (χ4v) is 3.00. The molecule has 1 N–H and O–H groups in total. The molecule has 0 bridgehead atoms. The first-order valence-electron chi connectivity index (χ1n) is 8.28. The Morgan fingerprint density at radius 3 is 2.84 bits per heavy atom. The van der Waals surface area contributed by atoms with Crippen molar-refractivity contribution in [1.82, 2.24) is 19.7 Å². The van der Waals surface area contributed by atoms with Crippen LogP contribution in [0.1, 0.15) is 21.7 Å². The smallest absolute Gasteiger partial charge is 0.252 e. The van der Waals surface area contributed by atoms with E-state index < -0.39 is 0 Å². The Kier molecular flexibility index (Phi) is 3.90. The number of para-hydroxylation sites is 1. The van der Waals surface area contributed by atoms with Crippen LogP contribution in [0.5, 0.6) is 0 Å². The molecule has 0 spiro atoms. The molecule has 124 valence electrons. The summed E-state index contributed by atoms with van der Waals surface area (Å²) in [6.45, 7) is 2.44. The normalized spacial score (nSPS) is 11.1. The van der Waals surface area contributed by atoms with Gasteiger partial charge in [-0.05, 0) is 31.2 Å². The summed E-state index contributed by atoms with van der Waals surface area (Å²) in [5.74, 6) is -0.0783. The summed E-state index contributed by atoms with van der Waals surface area (Å²) in [6.07, 6.45) is 4.65. The third kappa shape index (κ3) is 3.08. The van der Waals surface area contributed by atoms with E-state index in [1.165, 1.54) is 0 Å². The number of nitrogens with one attached hydrogen (secondary N) is 1. The number of amides is 1. The number of imidazole rings is 1. The monoisotopic (exact) mass is 330 g/mol. The van der Waals surface area contributed by atoms with Crippen molar-refractivity contribution in [2.45, 2.75) is 13.3 Å². The fourth-order valence-electron chi connectivity index (χ4n) is 3.00. The Hall–Kier alpha value is -3.21. The number of benzene rings is 1. The van der Waals surface area contributed by atoms with Gasteiger partial charge in [-0.2, -0.15) is 0 Å². The highest BCUT2D eigenvalue weighted by Gasteiger charge is 2.11. The van der Waals surface area contributed by atoms with Crippen molar-refractivity contribution < 1.29 is 4.79 Å². The van der Waals surface area contributed by atoms with E-state index in [0.29, 0.717) is 18.5 Å². The molecule has 0 aliphatic heterocycles. The van der Waals surface area contributed by atoms with Crippen LogP contribution in [-0.4, -0.2) is 26.8 Å². The predicted octanol–water partition coefficient (Wildman–Crippen LogP) is 3.16. The zero-order valence-electron chi connectivity index (χ0n) is 13.9. The van der Waals surface area contributed by atoms with E-state index in [4.69, 9.17) is 0 Å². The van der Waals surface area contributed by atoms with Gasteiger partial charge in [0.2, 0.25) is 0 Å². The number of carbonyl (C=O) groups excluding carboxylic acids is 1. The summed E-state index contributed by atoms with van der Waals surface area (Å²) >= 11 is 0. The summed E-state index contributed by atoms with van der Waals surface area (Å²) in [4.78, 5) is 21.6. The van der Waals surface area contributed by atoms with Gasteiger partial charge in [0.25, 0.3) is 5.91 Å². The predicted molar refractivity (Wildman–Crippen MR) is 97.7 cm³/mol. The Balaban J connectivity index is 1.49. The lowest BCUT2D eigenvalue weighted by atomic mass is 10.1. The van der Waals surface area contributed by atoms with Crippen LogP contribution in [0.4, 0.5) is 0 Å². The van der Waals surface area contributed by atoms with E-state index in [-0.39, 0.29) is 5.91 Å². The van der Waals surface area contributed by atoms with Gasteiger partial charge in [-0.25, -0.2) is 4.98 Å². The van der Waals surface area contributed by atoms with Gasteiger partial charge >= 0.3 is 0 Å². The number of nitrogens with zero attached hydrogens (tertiary/aromatic N) is 3. The summed E-state index contributed by atoms with van der Waals surface area (Å²) in [5.41, 5.74) is 4.22. The molecule has 0 radical (unpaired) electrons. The molecule has 5 nitrogen and oxygen atoms in total. The number of hydrogen-bond acceptors (Lipinski definition) is 3. The zero-order chi connectivity index (χ0) is 17.2. The van der Waals surface area contributed by atoms with Crippen LogP contribution in [0.3, 0.4) is 0 Å². The minimum atomic E-state index is -0.0783. The summed E-state index contributed by atoms with van der Waals surface area (Å²) in [5, 5.41) is 3.87. The Labute approximate surface area is 145 Å². The van der Waals surface area contributed by atoms with Gasteiger partial charge in [0.15, 0.2) is 0 Å². The average Bonchev–Trinajstić information content (AvgIpc) is 3.03. The van der Waals surface area contributed by atoms with Gasteiger partial charge in [-0.15, -0.1) is 0 Å². The van der Waals surface area contributed by atoms with E-state index in [0.717, 1.165) is 27.9 Å². The first kappa shape index (κ1) is 15.3. The van der Waals surface area contributed by atoms with Gasteiger partial charge in [0, 0.05) is 36.4 Å². The minimum Gasteiger partial charge on any atom is -0.352 e. The van der Waals surface area contributed by atoms with E-state index in [2.05, 4.69) is 15.3 Å². The highest BCUT2D eigenvalue weighted by molar-refractivity contribution is 6.06. The minimum absolute atomic E-state index is 0.0783. The molecule has 0 aliphatic rings. The molecule has 0 saturated carbocycles. The molecule has 4 aromatic rings. The number of aryl methyl sites for hydroxylation is 1. The van der Waals surface area contributed by atoms with Crippen molar-refractivity contribution in [3.05, 3.63) is 77.9 Å². The Bertz CT molecular complexity index is 1030. The Morgan fingerprint density at radius 2 is 1.96 bits per heavy atom. The zero-order valence-corrected chi connectivity index (χ0v) is 13.9. The molecule has 25 heavy (non-hydrogen) atoms. The number of pyridine rings is 2. The number of aromatic nitrogens is 3. The highest BCUT2D eigenvalue weighted by atomic mass is 16.1. The first-order chi connectivity index (χ1) is 12.2. The van der Waals surface area contributed by atoms with Crippen molar-refractivity contribution in [3.8, 4) is 0 Å².